The number of fused-ring (bicyclic) bond motifs is 9. The summed E-state index contributed by atoms with van der Waals surface area (Å²) in [6, 6.07) is -1.11. The Balaban J connectivity index is 1.56. The quantitative estimate of drug-likeness (QED) is 0.703. The minimum atomic E-state index is -1.12. The van der Waals surface area contributed by atoms with Gasteiger partial charge in [0, 0.05) is 15.5 Å². The van der Waals surface area contributed by atoms with Crippen molar-refractivity contribution >= 4 is 40.9 Å². The van der Waals surface area contributed by atoms with Crippen molar-refractivity contribution in [3.05, 3.63) is 14.5 Å². The SMILES string of the molecule is CC(C)[C@H](C(=O)O)N1C(=O)[C@@H]2[C@H]3C[C@@H]([C@@H]2C1=O)[C@H]1[C@H]3Sc2[nH]c(=O)sc2C1(C)C. The Morgan fingerprint density at radius 1 is 1.17 bits per heavy atom. The van der Waals surface area contributed by atoms with Crippen LogP contribution in [0.3, 0.4) is 0 Å². The maximum atomic E-state index is 13.4. The van der Waals surface area contributed by atoms with Crippen molar-refractivity contribution in [3.8, 4) is 0 Å². The smallest absolute Gasteiger partial charge is 0.327 e. The number of hydrogen-bond acceptors (Lipinski definition) is 6. The number of thiazole rings is 1. The Morgan fingerprint density at radius 2 is 1.79 bits per heavy atom. The van der Waals surface area contributed by atoms with Gasteiger partial charge < -0.3 is 10.1 Å². The Labute approximate surface area is 176 Å². The number of carboxylic acids is 1. The second-order valence-electron chi connectivity index (χ2n) is 9.69. The predicted octanol–water partition coefficient (Wildman–Crippen LogP) is 2.16. The number of aromatic amines is 1. The molecule has 0 unspecified atom stereocenters. The van der Waals surface area contributed by atoms with Gasteiger partial charge in [0.25, 0.3) is 0 Å². The molecular weight excluding hydrogens is 412 g/mol. The molecule has 156 valence electrons. The molecule has 2 N–H and O–H groups in total. The Kier molecular flexibility index (Phi) is 3.98. The van der Waals surface area contributed by atoms with Crippen molar-refractivity contribution < 1.29 is 19.5 Å². The number of hydrogen-bond donors (Lipinski definition) is 2. The van der Waals surface area contributed by atoms with Crippen molar-refractivity contribution in [3.63, 3.8) is 0 Å². The predicted molar refractivity (Wildman–Crippen MR) is 108 cm³/mol. The maximum absolute atomic E-state index is 13.4. The zero-order valence-corrected chi connectivity index (χ0v) is 18.3. The zero-order valence-electron chi connectivity index (χ0n) is 16.7. The molecule has 7 nitrogen and oxygen atoms in total. The third kappa shape index (κ3) is 2.31. The normalized spacial score (nSPS) is 37.6. The highest BCUT2D eigenvalue weighted by molar-refractivity contribution is 8.00. The number of nitrogens with one attached hydrogen (secondary N) is 1. The zero-order chi connectivity index (χ0) is 21.0. The lowest BCUT2D eigenvalue weighted by atomic mass is 9.64. The summed E-state index contributed by atoms with van der Waals surface area (Å²) in [5.41, 5.74) is -0.263. The lowest BCUT2D eigenvalue weighted by Gasteiger charge is -2.47. The van der Waals surface area contributed by atoms with Crippen LogP contribution in [0.15, 0.2) is 9.82 Å². The maximum Gasteiger partial charge on any atom is 0.327 e. The molecular formula is C20H24N2O5S2. The molecule has 9 heteroatoms. The lowest BCUT2D eigenvalue weighted by Crippen LogP contribution is -2.49. The van der Waals surface area contributed by atoms with Crippen LogP contribution in [0.5, 0.6) is 0 Å². The summed E-state index contributed by atoms with van der Waals surface area (Å²) < 4.78 is 0. The first-order valence-electron chi connectivity index (χ1n) is 10.1. The van der Waals surface area contributed by atoms with E-state index in [1.54, 1.807) is 25.6 Å². The van der Waals surface area contributed by atoms with Gasteiger partial charge in [-0.15, -0.1) is 11.8 Å². The van der Waals surface area contributed by atoms with E-state index in [4.69, 9.17) is 0 Å². The van der Waals surface area contributed by atoms with Gasteiger partial charge >= 0.3 is 10.8 Å². The van der Waals surface area contributed by atoms with Gasteiger partial charge in [0.05, 0.1) is 16.9 Å². The number of aliphatic carboxylic acids is 1. The van der Waals surface area contributed by atoms with Crippen LogP contribution < -0.4 is 4.87 Å². The number of rotatable bonds is 3. The summed E-state index contributed by atoms with van der Waals surface area (Å²) in [4.78, 5) is 55.4. The number of carbonyl (C=O) groups excluding carboxylic acids is 2. The number of nitrogens with zero attached hydrogens (tertiary/aromatic N) is 1. The Morgan fingerprint density at radius 3 is 2.38 bits per heavy atom. The molecule has 2 bridgehead atoms. The van der Waals surface area contributed by atoms with Crippen LogP contribution in [0.25, 0.3) is 0 Å². The molecule has 29 heavy (non-hydrogen) atoms. The van der Waals surface area contributed by atoms with Crippen LogP contribution in [-0.4, -0.2) is 44.1 Å². The first-order chi connectivity index (χ1) is 13.6. The minimum absolute atomic E-state index is 0.0406. The average molecular weight is 437 g/mol. The van der Waals surface area contributed by atoms with Crippen molar-refractivity contribution in [2.24, 2.45) is 35.5 Å². The molecule has 2 aliphatic carbocycles. The average Bonchev–Trinajstić information content (AvgIpc) is 3.32. The molecule has 5 rings (SSSR count). The highest BCUT2D eigenvalue weighted by Crippen LogP contribution is 2.69. The largest absolute Gasteiger partial charge is 0.480 e. The van der Waals surface area contributed by atoms with Gasteiger partial charge in [-0.2, -0.15) is 0 Å². The highest BCUT2D eigenvalue weighted by atomic mass is 32.2. The number of likely N-dealkylation sites (tertiary alicyclic amines) is 1. The molecule has 1 saturated heterocycles. The first kappa shape index (κ1) is 19.4. The van der Waals surface area contributed by atoms with E-state index in [1.807, 2.05) is 0 Å². The fraction of sp³-hybridized carbons (Fsp3) is 0.700. The number of imide groups is 1. The van der Waals surface area contributed by atoms with Crippen LogP contribution in [0.2, 0.25) is 0 Å². The van der Waals surface area contributed by atoms with Gasteiger partial charge in [-0.1, -0.05) is 39.0 Å². The first-order valence-corrected chi connectivity index (χ1v) is 11.7. The molecule has 2 aliphatic heterocycles. The summed E-state index contributed by atoms with van der Waals surface area (Å²) in [7, 11) is 0. The van der Waals surface area contributed by atoms with E-state index < -0.39 is 23.8 Å². The summed E-state index contributed by atoms with van der Waals surface area (Å²) in [5, 5.41) is 10.7. The highest BCUT2D eigenvalue weighted by Gasteiger charge is 2.71. The van der Waals surface area contributed by atoms with Gasteiger partial charge in [0.15, 0.2) is 0 Å². The lowest BCUT2D eigenvalue weighted by molar-refractivity contribution is -0.157. The molecule has 7 atom stereocenters. The summed E-state index contributed by atoms with van der Waals surface area (Å²) in [6.07, 6.45) is 0.824. The molecule has 2 amide bonds. The van der Waals surface area contributed by atoms with Crippen molar-refractivity contribution in [2.75, 3.05) is 0 Å². The minimum Gasteiger partial charge on any atom is -0.480 e. The van der Waals surface area contributed by atoms with E-state index in [0.717, 1.165) is 21.2 Å². The fourth-order valence-corrected chi connectivity index (χ4v) is 9.80. The van der Waals surface area contributed by atoms with E-state index in [2.05, 4.69) is 18.8 Å². The number of thioether (sulfide) groups is 1. The van der Waals surface area contributed by atoms with Crippen LogP contribution in [-0.2, 0) is 19.8 Å². The number of carbonyl (C=O) groups is 3. The van der Waals surface area contributed by atoms with Crippen LogP contribution in [0.4, 0.5) is 0 Å². The molecule has 0 spiro atoms. The van der Waals surface area contributed by atoms with Gasteiger partial charge in [-0.05, 0) is 30.1 Å². The van der Waals surface area contributed by atoms with E-state index in [0.29, 0.717) is 0 Å². The van der Waals surface area contributed by atoms with Crippen molar-refractivity contribution in [1.29, 1.82) is 0 Å². The Bertz CT molecular complexity index is 995. The molecule has 3 heterocycles. The van der Waals surface area contributed by atoms with Crippen LogP contribution in [0.1, 0.15) is 39.0 Å². The molecule has 1 aromatic rings. The van der Waals surface area contributed by atoms with Gasteiger partial charge in [-0.3, -0.25) is 19.3 Å². The van der Waals surface area contributed by atoms with Crippen molar-refractivity contribution in [2.45, 2.75) is 55.8 Å². The number of carboxylic acid groups (broad SMARTS) is 1. The second-order valence-corrected chi connectivity index (χ2v) is 11.9. The van der Waals surface area contributed by atoms with Crippen LogP contribution in [0, 0.1) is 35.5 Å². The van der Waals surface area contributed by atoms with Gasteiger partial charge in [-0.25, -0.2) is 4.79 Å². The van der Waals surface area contributed by atoms with Gasteiger partial charge in [0.1, 0.15) is 6.04 Å². The molecule has 0 radical (unpaired) electrons. The van der Waals surface area contributed by atoms with E-state index in [1.165, 1.54) is 11.3 Å². The third-order valence-electron chi connectivity index (χ3n) is 7.59. The van der Waals surface area contributed by atoms with E-state index in [-0.39, 0.29) is 51.0 Å². The van der Waals surface area contributed by atoms with Gasteiger partial charge in [0.2, 0.25) is 11.8 Å². The number of H-pyrrole nitrogens is 1. The van der Waals surface area contributed by atoms with E-state index in [9.17, 15) is 24.3 Å². The standard InChI is InChI=1S/C20H24N2O5S2/c1-6(2)12(18(25)26)22-16(23)9-7-5-8(10(9)17(22)24)13-11(7)20(3,4)14-15(28-13)21-19(27)29-14/h6-13H,5H2,1-4H3,(H,21,27)(H,25,26)/t7-,8+,9-,10+,11-,12+,13-/m0/s1. The molecule has 2 saturated carbocycles. The summed E-state index contributed by atoms with van der Waals surface area (Å²) in [5.74, 6) is -2.66. The number of amides is 2. The fourth-order valence-electron chi connectivity index (χ4n) is 6.64. The molecule has 0 aromatic carbocycles. The molecule has 1 aromatic heterocycles. The van der Waals surface area contributed by atoms with E-state index >= 15 is 0 Å². The Hall–Kier alpha value is -1.61. The molecule has 3 fully saturated rings. The monoisotopic (exact) mass is 436 g/mol. The van der Waals surface area contributed by atoms with Crippen LogP contribution >= 0.6 is 23.1 Å². The third-order valence-corrected chi connectivity index (χ3v) is 10.4. The molecule has 4 aliphatic rings. The summed E-state index contributed by atoms with van der Waals surface area (Å²) >= 11 is 2.89. The van der Waals surface area contributed by atoms with Crippen molar-refractivity contribution in [1.82, 2.24) is 9.88 Å². The second kappa shape index (κ2) is 5.97. The topological polar surface area (TPSA) is 108 Å². The number of aromatic nitrogens is 1. The summed E-state index contributed by atoms with van der Waals surface area (Å²) in [6.45, 7) is 7.73.